The molecule has 2 aromatic heterocycles. The van der Waals surface area contributed by atoms with Crippen molar-refractivity contribution in [2.75, 3.05) is 0 Å². The van der Waals surface area contributed by atoms with Crippen molar-refractivity contribution in [3.05, 3.63) is 36.2 Å². The summed E-state index contributed by atoms with van der Waals surface area (Å²) in [5.41, 5.74) is 5.43. The maximum Gasteiger partial charge on any atom is 0.0709 e. The van der Waals surface area contributed by atoms with Crippen molar-refractivity contribution in [1.82, 2.24) is 15.0 Å². The molecule has 0 aliphatic heterocycles. The lowest BCUT2D eigenvalue weighted by Gasteiger charge is -2.26. The van der Waals surface area contributed by atoms with E-state index in [1.807, 2.05) is 23.0 Å². The number of aromatic nitrogens is 2. The standard InChI is InChI=1S/C16H22N4/c17-19-15(9-13-8-11-4-5-12(13)7-11)14-10-18-20-6-2-1-3-16(14)20/h1-3,6,10-13,15,19H,4-5,7-9,17H2. The van der Waals surface area contributed by atoms with Crippen molar-refractivity contribution < 1.29 is 0 Å². The second-order valence-corrected chi connectivity index (χ2v) is 6.52. The van der Waals surface area contributed by atoms with Crippen LogP contribution in [0.3, 0.4) is 0 Å². The Hall–Kier alpha value is -1.39. The van der Waals surface area contributed by atoms with Crippen LogP contribution in [0.1, 0.15) is 43.7 Å². The van der Waals surface area contributed by atoms with Gasteiger partial charge in [0.25, 0.3) is 0 Å². The topological polar surface area (TPSA) is 55.3 Å². The third kappa shape index (κ3) is 1.95. The van der Waals surface area contributed by atoms with Crippen molar-refractivity contribution in [2.45, 2.75) is 38.1 Å². The van der Waals surface area contributed by atoms with Crippen LogP contribution < -0.4 is 11.3 Å². The van der Waals surface area contributed by atoms with Gasteiger partial charge in [0.1, 0.15) is 0 Å². The second-order valence-electron chi connectivity index (χ2n) is 6.52. The zero-order valence-electron chi connectivity index (χ0n) is 11.7. The molecule has 4 heteroatoms. The van der Waals surface area contributed by atoms with E-state index in [4.69, 9.17) is 5.84 Å². The van der Waals surface area contributed by atoms with Crippen LogP contribution in [0.2, 0.25) is 0 Å². The molecule has 2 fully saturated rings. The molecular formula is C16H22N4. The Morgan fingerprint density at radius 3 is 3.05 bits per heavy atom. The number of nitrogens with one attached hydrogen (secondary N) is 1. The van der Waals surface area contributed by atoms with Crippen molar-refractivity contribution in [1.29, 1.82) is 0 Å². The number of rotatable bonds is 4. The number of fused-ring (bicyclic) bond motifs is 3. The maximum atomic E-state index is 5.84. The highest BCUT2D eigenvalue weighted by atomic mass is 15.3. The summed E-state index contributed by atoms with van der Waals surface area (Å²) in [6.07, 6.45) is 10.9. The van der Waals surface area contributed by atoms with Gasteiger partial charge in [0.2, 0.25) is 0 Å². The van der Waals surface area contributed by atoms with Gasteiger partial charge >= 0.3 is 0 Å². The summed E-state index contributed by atoms with van der Waals surface area (Å²) in [6.45, 7) is 0. The Morgan fingerprint density at radius 1 is 1.35 bits per heavy atom. The van der Waals surface area contributed by atoms with Crippen molar-refractivity contribution in [2.24, 2.45) is 23.6 Å². The average molecular weight is 270 g/mol. The van der Waals surface area contributed by atoms with Crippen LogP contribution >= 0.6 is 0 Å². The molecule has 0 amide bonds. The first-order valence-electron chi connectivity index (χ1n) is 7.73. The molecule has 0 spiro atoms. The molecule has 106 valence electrons. The van der Waals surface area contributed by atoms with Gasteiger partial charge in [-0.1, -0.05) is 12.5 Å². The Balaban J connectivity index is 1.58. The first-order valence-corrected chi connectivity index (χ1v) is 7.73. The van der Waals surface area contributed by atoms with Gasteiger partial charge in [-0.15, -0.1) is 0 Å². The summed E-state index contributed by atoms with van der Waals surface area (Å²) >= 11 is 0. The van der Waals surface area contributed by atoms with Gasteiger partial charge in [0.15, 0.2) is 0 Å². The number of pyridine rings is 1. The smallest absolute Gasteiger partial charge is 0.0709 e. The van der Waals surface area contributed by atoms with E-state index in [2.05, 4.69) is 22.7 Å². The first kappa shape index (κ1) is 12.4. The molecule has 4 nitrogen and oxygen atoms in total. The van der Waals surface area contributed by atoms with E-state index in [0.717, 1.165) is 24.2 Å². The molecule has 0 aromatic carbocycles. The molecule has 2 saturated carbocycles. The fourth-order valence-electron chi connectivity index (χ4n) is 4.48. The monoisotopic (exact) mass is 270 g/mol. The molecule has 4 unspecified atom stereocenters. The minimum Gasteiger partial charge on any atom is -0.271 e. The fourth-order valence-corrected chi connectivity index (χ4v) is 4.48. The van der Waals surface area contributed by atoms with Crippen molar-refractivity contribution in [3.63, 3.8) is 0 Å². The van der Waals surface area contributed by atoms with Gasteiger partial charge < -0.3 is 0 Å². The highest BCUT2D eigenvalue weighted by Crippen LogP contribution is 2.51. The predicted octanol–water partition coefficient (Wildman–Crippen LogP) is 2.67. The van der Waals surface area contributed by atoms with Crippen LogP contribution in [0.15, 0.2) is 30.6 Å². The molecule has 2 heterocycles. The van der Waals surface area contributed by atoms with Crippen LogP contribution in [0.25, 0.3) is 5.52 Å². The predicted molar refractivity (Wildman–Crippen MR) is 78.8 cm³/mol. The van der Waals surface area contributed by atoms with E-state index in [1.54, 1.807) is 0 Å². The lowest BCUT2D eigenvalue weighted by Crippen LogP contribution is -2.30. The Labute approximate surface area is 119 Å². The number of hydrogen-bond donors (Lipinski definition) is 2. The van der Waals surface area contributed by atoms with Crippen LogP contribution in [0.4, 0.5) is 0 Å². The Bertz CT molecular complexity index is 605. The van der Waals surface area contributed by atoms with Gasteiger partial charge in [-0.2, -0.15) is 5.10 Å². The van der Waals surface area contributed by atoms with Crippen molar-refractivity contribution in [3.8, 4) is 0 Å². The zero-order valence-corrected chi connectivity index (χ0v) is 11.7. The molecule has 0 radical (unpaired) electrons. The minimum absolute atomic E-state index is 0.222. The number of nitrogens with zero attached hydrogens (tertiary/aromatic N) is 2. The number of hydrazine groups is 1. The molecule has 20 heavy (non-hydrogen) atoms. The number of nitrogens with two attached hydrogens (primary N) is 1. The molecule has 4 atom stereocenters. The summed E-state index contributed by atoms with van der Waals surface area (Å²) in [5, 5.41) is 4.43. The first-order chi connectivity index (χ1) is 9.85. The van der Waals surface area contributed by atoms with E-state index in [1.165, 1.54) is 36.8 Å². The van der Waals surface area contributed by atoms with Crippen LogP contribution in [-0.4, -0.2) is 9.61 Å². The normalized spacial score (nSPS) is 30.1. The summed E-state index contributed by atoms with van der Waals surface area (Å²) in [5.74, 6) is 8.62. The zero-order chi connectivity index (χ0) is 13.5. The van der Waals surface area contributed by atoms with Gasteiger partial charge in [-0.05, 0) is 55.6 Å². The summed E-state index contributed by atoms with van der Waals surface area (Å²) in [7, 11) is 0. The molecule has 2 aliphatic rings. The Kier molecular flexibility index (Phi) is 3.00. The molecule has 4 rings (SSSR count). The Morgan fingerprint density at radius 2 is 2.30 bits per heavy atom. The molecule has 2 bridgehead atoms. The maximum absolute atomic E-state index is 5.84. The van der Waals surface area contributed by atoms with E-state index >= 15 is 0 Å². The third-order valence-corrected chi connectivity index (χ3v) is 5.46. The molecule has 2 aliphatic carbocycles. The SMILES string of the molecule is NNC(CC1CC2CCC1C2)c1cnn2ccccc12. The molecule has 3 N–H and O–H groups in total. The van der Waals surface area contributed by atoms with E-state index < -0.39 is 0 Å². The average Bonchev–Trinajstić information content (AvgIpc) is 3.19. The summed E-state index contributed by atoms with van der Waals surface area (Å²) in [4.78, 5) is 0. The van der Waals surface area contributed by atoms with Gasteiger partial charge in [0, 0.05) is 17.8 Å². The van der Waals surface area contributed by atoms with Crippen molar-refractivity contribution >= 4 is 5.52 Å². The molecular weight excluding hydrogens is 248 g/mol. The van der Waals surface area contributed by atoms with Gasteiger partial charge in [-0.3, -0.25) is 11.3 Å². The molecule has 2 aromatic rings. The van der Waals surface area contributed by atoms with Gasteiger partial charge in [0.05, 0.1) is 11.7 Å². The lowest BCUT2D eigenvalue weighted by molar-refractivity contribution is 0.280. The summed E-state index contributed by atoms with van der Waals surface area (Å²) < 4.78 is 1.93. The number of hydrogen-bond acceptors (Lipinski definition) is 3. The van der Waals surface area contributed by atoms with Crippen LogP contribution in [0.5, 0.6) is 0 Å². The van der Waals surface area contributed by atoms with E-state index in [-0.39, 0.29) is 6.04 Å². The second kappa shape index (κ2) is 4.86. The van der Waals surface area contributed by atoms with Crippen LogP contribution in [-0.2, 0) is 0 Å². The largest absolute Gasteiger partial charge is 0.271 e. The quantitative estimate of drug-likeness (QED) is 0.663. The molecule has 0 saturated heterocycles. The highest BCUT2D eigenvalue weighted by molar-refractivity contribution is 5.54. The highest BCUT2D eigenvalue weighted by Gasteiger charge is 2.40. The minimum atomic E-state index is 0.222. The van der Waals surface area contributed by atoms with Crippen LogP contribution in [0, 0.1) is 17.8 Å². The third-order valence-electron chi connectivity index (χ3n) is 5.46. The van der Waals surface area contributed by atoms with E-state index in [9.17, 15) is 0 Å². The van der Waals surface area contributed by atoms with Gasteiger partial charge in [-0.25, -0.2) is 4.52 Å². The van der Waals surface area contributed by atoms with E-state index in [0.29, 0.717) is 0 Å². The lowest BCUT2D eigenvalue weighted by atomic mass is 9.83. The fraction of sp³-hybridized carbons (Fsp3) is 0.562. The summed E-state index contributed by atoms with van der Waals surface area (Å²) in [6, 6.07) is 6.41.